The molecule has 1 saturated carbocycles. The molecule has 0 heterocycles. The minimum absolute atomic E-state index is 0.0266. The molecule has 0 bridgehead atoms. The minimum Gasteiger partial charge on any atom is -0.483 e. The Bertz CT molecular complexity index is 1050. The van der Waals surface area contributed by atoms with Crippen molar-refractivity contribution in [2.24, 2.45) is 0 Å². The lowest BCUT2D eigenvalue weighted by molar-refractivity contribution is -0.158. The van der Waals surface area contributed by atoms with Crippen LogP contribution in [-0.2, 0) is 22.6 Å². The zero-order chi connectivity index (χ0) is 25.5. The number of carbonyl (C=O) groups is 1. The van der Waals surface area contributed by atoms with Crippen LogP contribution in [0, 0.1) is 0 Å². The average molecular weight is 500 g/mol. The largest absolute Gasteiger partial charge is 0.483 e. The van der Waals surface area contributed by atoms with E-state index in [1.165, 1.54) is 0 Å². The minimum atomic E-state index is -5.26. The van der Waals surface area contributed by atoms with Crippen LogP contribution in [0.1, 0.15) is 42.4 Å². The monoisotopic (exact) mass is 500 g/mol. The van der Waals surface area contributed by atoms with Crippen molar-refractivity contribution in [3.63, 3.8) is 0 Å². The van der Waals surface area contributed by atoms with Gasteiger partial charge in [-0.3, -0.25) is 4.79 Å². The van der Waals surface area contributed by atoms with Gasteiger partial charge in [-0.05, 0) is 53.8 Å². The Balaban J connectivity index is 2.29. The third-order valence-electron chi connectivity index (χ3n) is 5.72. The number of benzene rings is 2. The van der Waals surface area contributed by atoms with Gasteiger partial charge in [-0.25, -0.2) is 0 Å². The average Bonchev–Trinajstić information content (AvgIpc) is 3.21. The Kier molecular flexibility index (Phi) is 6.57. The second kappa shape index (κ2) is 8.70. The van der Waals surface area contributed by atoms with E-state index >= 15 is 0 Å². The van der Waals surface area contributed by atoms with Gasteiger partial charge in [-0.2, -0.15) is 39.5 Å². The van der Waals surface area contributed by atoms with Crippen molar-refractivity contribution in [2.75, 3.05) is 6.61 Å². The van der Waals surface area contributed by atoms with Crippen molar-refractivity contribution < 1.29 is 54.2 Å². The van der Waals surface area contributed by atoms with Crippen LogP contribution in [0.25, 0.3) is 11.1 Å². The van der Waals surface area contributed by atoms with Gasteiger partial charge in [-0.1, -0.05) is 25.0 Å². The molecule has 34 heavy (non-hydrogen) atoms. The normalized spacial score (nSPS) is 16.5. The number of hydrogen-bond acceptors (Lipinski definition) is 2. The summed E-state index contributed by atoms with van der Waals surface area (Å²) in [5, 5.41) is 9.82. The zero-order valence-corrected chi connectivity index (χ0v) is 17.2. The van der Waals surface area contributed by atoms with Crippen molar-refractivity contribution in [3.05, 3.63) is 53.1 Å². The Morgan fingerprint density at radius 1 is 0.882 bits per heavy atom. The van der Waals surface area contributed by atoms with Crippen molar-refractivity contribution in [3.8, 4) is 16.9 Å². The van der Waals surface area contributed by atoms with Gasteiger partial charge < -0.3 is 9.84 Å². The Hall–Kier alpha value is -2.92. The predicted molar refractivity (Wildman–Crippen MR) is 101 cm³/mol. The highest BCUT2D eigenvalue weighted by atomic mass is 19.4. The van der Waals surface area contributed by atoms with Crippen molar-refractivity contribution >= 4 is 5.97 Å². The molecule has 0 atom stereocenters. The summed E-state index contributed by atoms with van der Waals surface area (Å²) in [4.78, 5) is 12.1. The van der Waals surface area contributed by atoms with Gasteiger partial charge in [0.2, 0.25) is 0 Å². The number of halogens is 9. The van der Waals surface area contributed by atoms with Crippen LogP contribution in [0.2, 0.25) is 0 Å². The fraction of sp³-hybridized carbons (Fsp3) is 0.409. The topological polar surface area (TPSA) is 46.5 Å². The summed E-state index contributed by atoms with van der Waals surface area (Å²) in [6, 6.07) is 4.05. The molecule has 0 saturated heterocycles. The molecule has 1 N–H and O–H groups in total. The fourth-order valence-electron chi connectivity index (χ4n) is 4.13. The van der Waals surface area contributed by atoms with Crippen LogP contribution in [0.3, 0.4) is 0 Å². The maximum Gasteiger partial charge on any atom is 0.422 e. The quantitative estimate of drug-likeness (QED) is 0.441. The molecule has 3 rings (SSSR count). The van der Waals surface area contributed by atoms with Crippen molar-refractivity contribution in [2.45, 2.75) is 49.6 Å². The number of aliphatic carboxylic acids is 1. The molecule has 12 heteroatoms. The molecule has 1 aliphatic rings. The van der Waals surface area contributed by atoms with E-state index in [1.54, 1.807) is 0 Å². The first-order chi connectivity index (χ1) is 15.5. The lowest BCUT2D eigenvalue weighted by Gasteiger charge is -2.28. The van der Waals surface area contributed by atoms with Crippen molar-refractivity contribution in [1.29, 1.82) is 0 Å². The number of alkyl halides is 9. The Morgan fingerprint density at radius 3 is 1.88 bits per heavy atom. The Labute approximate surface area is 187 Å². The molecule has 2 aromatic rings. The summed E-state index contributed by atoms with van der Waals surface area (Å²) >= 11 is 0. The van der Waals surface area contributed by atoms with Crippen LogP contribution in [0.15, 0.2) is 36.4 Å². The lowest BCUT2D eigenvalue weighted by Crippen LogP contribution is -2.33. The molecule has 0 unspecified atom stereocenters. The summed E-state index contributed by atoms with van der Waals surface area (Å²) in [7, 11) is 0. The third-order valence-corrected chi connectivity index (χ3v) is 5.72. The predicted octanol–water partition coefficient (Wildman–Crippen LogP) is 7.23. The second-order valence-electron chi connectivity index (χ2n) is 7.97. The summed E-state index contributed by atoms with van der Waals surface area (Å²) in [5.41, 5.74) is -5.83. The third kappa shape index (κ3) is 5.25. The first-order valence-corrected chi connectivity index (χ1v) is 9.91. The number of rotatable bonds is 5. The molecular formula is C22H17F9O3. The van der Waals surface area contributed by atoms with Crippen LogP contribution in [0.5, 0.6) is 5.75 Å². The number of hydrogen-bond donors (Lipinski definition) is 1. The second-order valence-corrected chi connectivity index (χ2v) is 7.97. The lowest BCUT2D eigenvalue weighted by atomic mass is 9.77. The molecule has 0 aromatic heterocycles. The highest BCUT2D eigenvalue weighted by molar-refractivity contribution is 5.84. The van der Waals surface area contributed by atoms with E-state index in [1.807, 2.05) is 0 Å². The molecule has 3 nitrogen and oxygen atoms in total. The summed E-state index contributed by atoms with van der Waals surface area (Å²) in [5.74, 6) is -2.62. The van der Waals surface area contributed by atoms with E-state index in [-0.39, 0.29) is 18.4 Å². The van der Waals surface area contributed by atoms with E-state index in [0.29, 0.717) is 31.0 Å². The summed E-state index contributed by atoms with van der Waals surface area (Å²) in [6.07, 6.45) is -14.1. The first kappa shape index (κ1) is 25.7. The zero-order valence-electron chi connectivity index (χ0n) is 17.2. The molecule has 0 amide bonds. The maximum atomic E-state index is 14.0. The molecule has 186 valence electrons. The molecule has 1 aliphatic carbocycles. The smallest absolute Gasteiger partial charge is 0.422 e. The number of carboxylic acids is 1. The van der Waals surface area contributed by atoms with E-state index in [9.17, 15) is 49.4 Å². The van der Waals surface area contributed by atoms with Gasteiger partial charge in [0, 0.05) is 0 Å². The molecule has 0 spiro atoms. The molecule has 1 fully saturated rings. The highest BCUT2D eigenvalue weighted by Gasteiger charge is 2.46. The van der Waals surface area contributed by atoms with Crippen LogP contribution < -0.4 is 4.74 Å². The first-order valence-electron chi connectivity index (χ1n) is 9.91. The van der Waals surface area contributed by atoms with Gasteiger partial charge >= 0.3 is 24.5 Å². The fourth-order valence-corrected chi connectivity index (χ4v) is 4.13. The van der Waals surface area contributed by atoms with Crippen LogP contribution >= 0.6 is 0 Å². The maximum absolute atomic E-state index is 14.0. The van der Waals surface area contributed by atoms with E-state index in [2.05, 4.69) is 4.74 Å². The summed E-state index contributed by atoms with van der Waals surface area (Å²) < 4.78 is 123. The van der Waals surface area contributed by atoms with Gasteiger partial charge in [0.25, 0.3) is 0 Å². The van der Waals surface area contributed by atoms with Gasteiger partial charge in [-0.15, -0.1) is 0 Å². The van der Waals surface area contributed by atoms with E-state index in [4.69, 9.17) is 0 Å². The van der Waals surface area contributed by atoms with Crippen LogP contribution in [-0.4, -0.2) is 23.9 Å². The van der Waals surface area contributed by atoms with Crippen LogP contribution in [0.4, 0.5) is 39.5 Å². The van der Waals surface area contributed by atoms with Gasteiger partial charge in [0.1, 0.15) is 11.3 Å². The number of ether oxygens (including phenoxy) is 1. The summed E-state index contributed by atoms with van der Waals surface area (Å²) in [6.45, 7) is -2.08. The molecule has 0 aliphatic heterocycles. The van der Waals surface area contributed by atoms with Crippen molar-refractivity contribution in [1.82, 2.24) is 0 Å². The van der Waals surface area contributed by atoms with E-state index < -0.39 is 64.5 Å². The van der Waals surface area contributed by atoms with Gasteiger partial charge in [0.05, 0.1) is 11.0 Å². The standard InChI is InChI=1S/C22H17F9O3/c23-20(24,25)11-34-16-10-14(19(18(32)33)7-1-2-8-19)9-15(17(16)22(29,30)31)12-3-5-13(6-4-12)21(26,27)28/h3-6,9-10H,1-2,7-8,11H2,(H,32,33). The highest BCUT2D eigenvalue weighted by Crippen LogP contribution is 2.49. The molecule has 0 radical (unpaired) electrons. The van der Waals surface area contributed by atoms with Gasteiger partial charge in [0.15, 0.2) is 6.61 Å². The SMILES string of the molecule is O=C(O)C1(c2cc(OCC(F)(F)F)c(C(F)(F)F)c(-c3ccc(C(F)(F)F)cc3)c2)CCCC1. The number of carboxylic acid groups (broad SMARTS) is 1. The Morgan fingerprint density at radius 2 is 1.44 bits per heavy atom. The molecular weight excluding hydrogens is 483 g/mol. The molecule has 2 aromatic carbocycles. The van der Waals surface area contributed by atoms with E-state index in [0.717, 1.165) is 18.2 Å².